The molecule has 3 rings (SSSR count). The average molecular weight is 393 g/mol. The van der Waals surface area contributed by atoms with E-state index in [1.54, 1.807) is 0 Å². The normalized spacial score (nSPS) is 28.5. The van der Waals surface area contributed by atoms with Gasteiger partial charge in [-0.2, -0.15) is 5.01 Å². The highest BCUT2D eigenvalue weighted by Crippen LogP contribution is 2.33. The Hall–Kier alpha value is -1.63. The number of nitrogens with zero attached hydrogens (tertiary/aromatic N) is 2. The second-order valence-corrected chi connectivity index (χ2v) is 9.32. The molecule has 2 N–H and O–H groups in total. The summed E-state index contributed by atoms with van der Waals surface area (Å²) < 4.78 is 0. The summed E-state index contributed by atoms with van der Waals surface area (Å²) in [6.07, 6.45) is 8.10. The van der Waals surface area contributed by atoms with Crippen LogP contribution in [0, 0.1) is 11.8 Å². The first kappa shape index (κ1) is 21.1. The number of imide groups is 1. The summed E-state index contributed by atoms with van der Waals surface area (Å²) in [6.45, 7) is 8.45. The first-order valence-corrected chi connectivity index (χ1v) is 11.0. The molecular weight excluding hydrogens is 356 g/mol. The van der Waals surface area contributed by atoms with Crippen LogP contribution >= 0.6 is 0 Å². The monoisotopic (exact) mass is 392 g/mol. The van der Waals surface area contributed by atoms with Crippen LogP contribution in [-0.2, 0) is 9.59 Å². The first-order valence-electron chi connectivity index (χ1n) is 11.0. The summed E-state index contributed by atoms with van der Waals surface area (Å²) in [5.41, 5.74) is 1.76. The van der Waals surface area contributed by atoms with E-state index in [-0.39, 0.29) is 11.8 Å². The molecule has 2 heterocycles. The fourth-order valence-corrected chi connectivity index (χ4v) is 5.01. The number of carbonyl (C=O) groups excluding carboxylic acids is 3. The molecule has 0 aromatic rings. The zero-order chi connectivity index (χ0) is 20.3. The van der Waals surface area contributed by atoms with Gasteiger partial charge in [0.25, 0.3) is 5.91 Å². The lowest BCUT2D eigenvalue weighted by Crippen LogP contribution is -2.51. The van der Waals surface area contributed by atoms with E-state index < -0.39 is 11.6 Å². The molecule has 2 atom stereocenters. The third-order valence-electron chi connectivity index (χ3n) is 6.83. The Labute approximate surface area is 168 Å². The zero-order valence-electron chi connectivity index (χ0n) is 17.6. The quantitative estimate of drug-likeness (QED) is 0.705. The van der Waals surface area contributed by atoms with E-state index in [2.05, 4.69) is 36.4 Å². The smallest absolute Gasteiger partial charge is 0.322 e. The standard InChI is InChI=1S/C21H36N4O3/c1-15(2)17-8-7-16(3)9-13-24(17)14-10-18(26)23-25-19(27)21(22-20(25)28)11-5-4-6-12-21/h15-17H,4-14H2,1-3H3,(H,22,28)(H,23,26). The number of urea groups is 1. The van der Waals surface area contributed by atoms with Crippen molar-refractivity contribution >= 4 is 17.8 Å². The highest BCUT2D eigenvalue weighted by molar-refractivity contribution is 6.08. The van der Waals surface area contributed by atoms with Gasteiger partial charge in [-0.1, -0.05) is 40.0 Å². The van der Waals surface area contributed by atoms with Gasteiger partial charge in [0.2, 0.25) is 5.91 Å². The maximum absolute atomic E-state index is 12.8. The highest BCUT2D eigenvalue weighted by atomic mass is 16.2. The molecule has 2 aliphatic heterocycles. The van der Waals surface area contributed by atoms with Crippen molar-refractivity contribution in [3.05, 3.63) is 0 Å². The van der Waals surface area contributed by atoms with Gasteiger partial charge in [0.15, 0.2) is 0 Å². The summed E-state index contributed by atoms with van der Waals surface area (Å²) in [7, 11) is 0. The Morgan fingerprint density at radius 1 is 1.18 bits per heavy atom. The first-order chi connectivity index (χ1) is 13.3. The molecule has 1 saturated carbocycles. The molecule has 3 aliphatic rings. The van der Waals surface area contributed by atoms with E-state index >= 15 is 0 Å². The minimum Gasteiger partial charge on any atom is -0.322 e. The summed E-state index contributed by atoms with van der Waals surface area (Å²) >= 11 is 0. The topological polar surface area (TPSA) is 81.8 Å². The van der Waals surface area contributed by atoms with Crippen LogP contribution in [0.15, 0.2) is 0 Å². The van der Waals surface area contributed by atoms with E-state index in [4.69, 9.17) is 0 Å². The molecule has 1 spiro atoms. The summed E-state index contributed by atoms with van der Waals surface area (Å²) in [5, 5.41) is 3.74. The third-order valence-corrected chi connectivity index (χ3v) is 6.83. The van der Waals surface area contributed by atoms with Crippen molar-refractivity contribution < 1.29 is 14.4 Å². The molecular formula is C21H36N4O3. The summed E-state index contributed by atoms with van der Waals surface area (Å²) in [5.74, 6) is 0.702. The lowest BCUT2D eigenvalue weighted by Gasteiger charge is -2.32. The molecule has 2 saturated heterocycles. The van der Waals surface area contributed by atoms with Gasteiger partial charge in [-0.15, -0.1) is 0 Å². The van der Waals surface area contributed by atoms with Gasteiger partial charge in [0.05, 0.1) is 0 Å². The fraction of sp³-hybridized carbons (Fsp3) is 0.857. The average Bonchev–Trinajstić information content (AvgIpc) is 2.79. The van der Waals surface area contributed by atoms with Gasteiger partial charge in [0, 0.05) is 19.0 Å². The minimum atomic E-state index is -0.799. The lowest BCUT2D eigenvalue weighted by atomic mass is 9.82. The van der Waals surface area contributed by atoms with Gasteiger partial charge in [-0.05, 0) is 50.5 Å². The Morgan fingerprint density at radius 3 is 2.57 bits per heavy atom. The zero-order valence-corrected chi connectivity index (χ0v) is 17.6. The van der Waals surface area contributed by atoms with Gasteiger partial charge in [0.1, 0.15) is 5.54 Å². The van der Waals surface area contributed by atoms with Crippen molar-refractivity contribution in [1.82, 2.24) is 20.7 Å². The van der Waals surface area contributed by atoms with Crippen LogP contribution in [0.25, 0.3) is 0 Å². The van der Waals surface area contributed by atoms with Crippen LogP contribution < -0.4 is 10.7 Å². The van der Waals surface area contributed by atoms with Crippen LogP contribution in [-0.4, -0.2) is 52.4 Å². The molecule has 158 valence electrons. The molecule has 7 heteroatoms. The number of hydrogen-bond donors (Lipinski definition) is 2. The van der Waals surface area contributed by atoms with Gasteiger partial charge in [-0.25, -0.2) is 4.79 Å². The maximum atomic E-state index is 12.8. The van der Waals surface area contributed by atoms with Crippen LogP contribution in [0.5, 0.6) is 0 Å². The number of hydrazine groups is 1. The van der Waals surface area contributed by atoms with Crippen molar-refractivity contribution in [2.45, 2.75) is 90.1 Å². The fourth-order valence-electron chi connectivity index (χ4n) is 5.01. The largest absolute Gasteiger partial charge is 0.344 e. The second kappa shape index (κ2) is 8.80. The number of amides is 4. The van der Waals surface area contributed by atoms with Crippen molar-refractivity contribution in [2.24, 2.45) is 11.8 Å². The van der Waals surface area contributed by atoms with Gasteiger partial charge < -0.3 is 5.32 Å². The molecule has 0 radical (unpaired) electrons. The van der Waals surface area contributed by atoms with E-state index in [0.717, 1.165) is 49.6 Å². The molecule has 2 unspecified atom stereocenters. The number of nitrogens with one attached hydrogen (secondary N) is 2. The molecule has 0 aromatic carbocycles. The molecule has 7 nitrogen and oxygen atoms in total. The molecule has 4 amide bonds. The Kier molecular flexibility index (Phi) is 6.63. The molecule has 0 aromatic heterocycles. The van der Waals surface area contributed by atoms with E-state index in [9.17, 15) is 14.4 Å². The summed E-state index contributed by atoms with van der Waals surface area (Å²) in [4.78, 5) is 40.0. The Morgan fingerprint density at radius 2 is 1.89 bits per heavy atom. The Bertz CT molecular complexity index is 600. The van der Waals surface area contributed by atoms with Gasteiger partial charge in [-0.3, -0.25) is 19.9 Å². The Balaban J connectivity index is 1.55. The van der Waals surface area contributed by atoms with Crippen molar-refractivity contribution in [1.29, 1.82) is 0 Å². The number of likely N-dealkylation sites (tertiary alicyclic amines) is 1. The van der Waals surface area contributed by atoms with Crippen LogP contribution in [0.1, 0.15) is 78.6 Å². The lowest BCUT2D eigenvalue weighted by molar-refractivity contribution is -0.140. The minimum absolute atomic E-state index is 0.267. The molecule has 3 fully saturated rings. The molecule has 0 bridgehead atoms. The number of rotatable bonds is 5. The predicted molar refractivity (Wildman–Crippen MR) is 107 cm³/mol. The second-order valence-electron chi connectivity index (χ2n) is 9.32. The van der Waals surface area contributed by atoms with E-state index in [0.29, 0.717) is 37.8 Å². The summed E-state index contributed by atoms with van der Waals surface area (Å²) in [6, 6.07) is -0.0103. The highest BCUT2D eigenvalue weighted by Gasteiger charge is 2.52. The van der Waals surface area contributed by atoms with Crippen LogP contribution in [0.4, 0.5) is 4.79 Å². The number of carbonyl (C=O) groups is 3. The van der Waals surface area contributed by atoms with Crippen molar-refractivity contribution in [2.75, 3.05) is 13.1 Å². The SMILES string of the molecule is CC1CCC(C(C)C)N(CCC(=O)NN2C(=O)NC3(CCCCC3)C2=O)CC1. The maximum Gasteiger partial charge on any atom is 0.344 e. The number of hydrogen-bond acceptors (Lipinski definition) is 4. The van der Waals surface area contributed by atoms with E-state index in [1.807, 2.05) is 0 Å². The third kappa shape index (κ3) is 4.50. The molecule has 1 aliphatic carbocycles. The van der Waals surface area contributed by atoms with Crippen LogP contribution in [0.2, 0.25) is 0 Å². The van der Waals surface area contributed by atoms with Crippen molar-refractivity contribution in [3.8, 4) is 0 Å². The van der Waals surface area contributed by atoms with E-state index in [1.165, 1.54) is 6.42 Å². The van der Waals surface area contributed by atoms with Crippen molar-refractivity contribution in [3.63, 3.8) is 0 Å². The predicted octanol–water partition coefficient (Wildman–Crippen LogP) is 2.81. The van der Waals surface area contributed by atoms with Gasteiger partial charge >= 0.3 is 6.03 Å². The van der Waals surface area contributed by atoms with Crippen LogP contribution in [0.3, 0.4) is 0 Å². The molecule has 28 heavy (non-hydrogen) atoms.